The van der Waals surface area contributed by atoms with Crippen molar-refractivity contribution >= 4 is 15.5 Å². The molecule has 1 aromatic rings. The van der Waals surface area contributed by atoms with Gasteiger partial charge in [-0.25, -0.2) is 8.42 Å². The fourth-order valence-electron chi connectivity index (χ4n) is 2.36. The van der Waals surface area contributed by atoms with Gasteiger partial charge in [0.2, 0.25) is 0 Å². The molecule has 118 valence electrons. The largest absolute Gasteiger partial charge is 0.418 e. The number of hydrogen-bond donors (Lipinski definition) is 1. The van der Waals surface area contributed by atoms with Crippen molar-refractivity contribution < 1.29 is 21.6 Å². The minimum atomic E-state index is -4.48. The van der Waals surface area contributed by atoms with Gasteiger partial charge in [-0.05, 0) is 30.7 Å². The molecule has 0 amide bonds. The van der Waals surface area contributed by atoms with Gasteiger partial charge in [0.15, 0.2) is 9.84 Å². The van der Waals surface area contributed by atoms with E-state index in [4.69, 9.17) is 5.73 Å². The second-order valence-electron chi connectivity index (χ2n) is 5.03. The summed E-state index contributed by atoms with van der Waals surface area (Å²) < 4.78 is 62.4. The number of benzene rings is 1. The van der Waals surface area contributed by atoms with Crippen LogP contribution < -0.4 is 10.6 Å². The number of sulfone groups is 1. The number of hydrogen-bond acceptors (Lipinski definition) is 4. The first-order chi connectivity index (χ1) is 9.73. The van der Waals surface area contributed by atoms with Gasteiger partial charge in [-0.3, -0.25) is 0 Å². The first-order valence-electron chi connectivity index (χ1n) is 6.58. The molecule has 0 spiro atoms. The first-order valence-corrected chi connectivity index (χ1v) is 8.40. The van der Waals surface area contributed by atoms with E-state index in [1.54, 1.807) is 6.07 Å². The van der Waals surface area contributed by atoms with Gasteiger partial charge < -0.3 is 10.6 Å². The van der Waals surface area contributed by atoms with E-state index in [0.717, 1.165) is 6.07 Å². The summed E-state index contributed by atoms with van der Waals surface area (Å²) in [5.41, 5.74) is 5.21. The monoisotopic (exact) mass is 322 g/mol. The molecule has 2 N–H and O–H groups in total. The van der Waals surface area contributed by atoms with Crippen LogP contribution in [0, 0.1) is 0 Å². The van der Waals surface area contributed by atoms with Gasteiger partial charge in [-0.2, -0.15) is 13.2 Å². The highest BCUT2D eigenvalue weighted by Crippen LogP contribution is 2.37. The van der Waals surface area contributed by atoms with E-state index in [1.807, 2.05) is 0 Å². The van der Waals surface area contributed by atoms with E-state index in [1.165, 1.54) is 11.0 Å². The Bertz CT molecular complexity index is 600. The van der Waals surface area contributed by atoms with Crippen molar-refractivity contribution in [2.75, 3.05) is 36.0 Å². The number of nitrogens with zero attached hydrogens (tertiary/aromatic N) is 1. The highest BCUT2D eigenvalue weighted by molar-refractivity contribution is 7.91. The van der Waals surface area contributed by atoms with Crippen LogP contribution in [0.1, 0.15) is 11.1 Å². The summed E-state index contributed by atoms with van der Waals surface area (Å²) in [5, 5.41) is 0. The van der Waals surface area contributed by atoms with Crippen molar-refractivity contribution in [1.82, 2.24) is 0 Å². The van der Waals surface area contributed by atoms with Crippen molar-refractivity contribution in [3.05, 3.63) is 29.3 Å². The Hall–Kier alpha value is -1.28. The smallest absolute Gasteiger partial charge is 0.369 e. The zero-order chi connectivity index (χ0) is 15.7. The van der Waals surface area contributed by atoms with Gasteiger partial charge in [0.05, 0.1) is 17.1 Å². The summed E-state index contributed by atoms with van der Waals surface area (Å²) in [6.45, 7) is 0.446. The third kappa shape index (κ3) is 3.88. The normalized spacial score (nSPS) is 18.8. The molecule has 1 heterocycles. The van der Waals surface area contributed by atoms with E-state index in [9.17, 15) is 21.6 Å². The van der Waals surface area contributed by atoms with Gasteiger partial charge in [-0.15, -0.1) is 0 Å². The summed E-state index contributed by atoms with van der Waals surface area (Å²) in [4.78, 5) is 1.48. The Morgan fingerprint density at radius 2 is 1.81 bits per heavy atom. The third-order valence-corrected chi connectivity index (χ3v) is 5.09. The zero-order valence-corrected chi connectivity index (χ0v) is 12.2. The van der Waals surface area contributed by atoms with Crippen molar-refractivity contribution in [1.29, 1.82) is 0 Å². The van der Waals surface area contributed by atoms with Crippen LogP contribution >= 0.6 is 0 Å². The molecule has 2 rings (SSSR count). The second-order valence-corrected chi connectivity index (χ2v) is 7.33. The predicted octanol–water partition coefficient (Wildman–Crippen LogP) is 1.44. The molecule has 0 unspecified atom stereocenters. The van der Waals surface area contributed by atoms with E-state index in [0.29, 0.717) is 12.0 Å². The molecule has 1 aliphatic rings. The Morgan fingerprint density at radius 1 is 1.19 bits per heavy atom. The van der Waals surface area contributed by atoms with Crippen molar-refractivity contribution in [3.8, 4) is 0 Å². The number of anilines is 1. The van der Waals surface area contributed by atoms with Gasteiger partial charge in [-0.1, -0.05) is 6.07 Å². The Kier molecular flexibility index (Phi) is 4.48. The van der Waals surface area contributed by atoms with Crippen LogP contribution in [0.5, 0.6) is 0 Å². The lowest BCUT2D eigenvalue weighted by atomic mass is 10.0. The Labute approximate surface area is 121 Å². The molecule has 0 saturated carbocycles. The number of nitrogens with two attached hydrogens (primary N) is 1. The van der Waals surface area contributed by atoms with Crippen molar-refractivity contribution in [2.24, 2.45) is 5.73 Å². The summed E-state index contributed by atoms with van der Waals surface area (Å²) in [7, 11) is -3.13. The maximum absolute atomic E-state index is 13.2. The van der Waals surface area contributed by atoms with Crippen LogP contribution in [0.3, 0.4) is 0 Å². The Morgan fingerprint density at radius 3 is 2.33 bits per heavy atom. The average molecular weight is 322 g/mol. The summed E-state index contributed by atoms with van der Waals surface area (Å²) in [6.07, 6.45) is -4.10. The quantitative estimate of drug-likeness (QED) is 0.915. The molecule has 0 aromatic heterocycles. The molecule has 0 atom stereocenters. The van der Waals surface area contributed by atoms with Crippen LogP contribution in [0.2, 0.25) is 0 Å². The maximum atomic E-state index is 13.2. The topological polar surface area (TPSA) is 63.4 Å². The fourth-order valence-corrected chi connectivity index (χ4v) is 3.56. The lowest BCUT2D eigenvalue weighted by Crippen LogP contribution is -2.41. The van der Waals surface area contributed by atoms with Crippen LogP contribution in [0.25, 0.3) is 0 Å². The van der Waals surface area contributed by atoms with E-state index in [-0.39, 0.29) is 36.8 Å². The van der Waals surface area contributed by atoms with Crippen LogP contribution in [-0.2, 0) is 22.4 Å². The molecule has 1 aromatic carbocycles. The minimum Gasteiger partial charge on any atom is -0.369 e. The van der Waals surface area contributed by atoms with Crippen molar-refractivity contribution in [2.45, 2.75) is 12.6 Å². The number of rotatable bonds is 3. The molecule has 1 saturated heterocycles. The molecule has 1 aliphatic heterocycles. The molecule has 8 heteroatoms. The number of alkyl halides is 3. The minimum absolute atomic E-state index is 0.0400. The lowest BCUT2D eigenvalue weighted by molar-refractivity contribution is -0.137. The van der Waals surface area contributed by atoms with Gasteiger partial charge >= 0.3 is 6.18 Å². The molecule has 0 bridgehead atoms. The van der Waals surface area contributed by atoms with Crippen LogP contribution in [0.15, 0.2) is 18.2 Å². The molecular formula is C13H17F3N2O2S. The van der Waals surface area contributed by atoms with Crippen LogP contribution in [0.4, 0.5) is 18.9 Å². The molecule has 4 nitrogen and oxygen atoms in total. The van der Waals surface area contributed by atoms with Crippen LogP contribution in [-0.4, -0.2) is 39.6 Å². The predicted molar refractivity (Wildman–Crippen MR) is 75.1 cm³/mol. The van der Waals surface area contributed by atoms with Gasteiger partial charge in [0, 0.05) is 18.8 Å². The number of halogens is 3. The summed E-state index contributed by atoms with van der Waals surface area (Å²) in [5.74, 6) is -0.232. The SMILES string of the molecule is NCCc1ccc(N2CCS(=O)(=O)CC2)c(C(F)(F)F)c1. The Balaban J connectivity index is 2.34. The average Bonchev–Trinajstić information content (AvgIpc) is 2.38. The molecule has 0 aliphatic carbocycles. The van der Waals surface area contributed by atoms with E-state index in [2.05, 4.69) is 0 Å². The second kappa shape index (κ2) is 5.84. The molecule has 0 radical (unpaired) electrons. The molecule has 21 heavy (non-hydrogen) atoms. The lowest BCUT2D eigenvalue weighted by Gasteiger charge is -2.31. The van der Waals surface area contributed by atoms with Gasteiger partial charge in [0.25, 0.3) is 0 Å². The van der Waals surface area contributed by atoms with E-state index < -0.39 is 21.6 Å². The molecule has 1 fully saturated rings. The fraction of sp³-hybridized carbons (Fsp3) is 0.538. The van der Waals surface area contributed by atoms with Gasteiger partial charge in [0.1, 0.15) is 0 Å². The maximum Gasteiger partial charge on any atom is 0.418 e. The summed E-state index contributed by atoms with van der Waals surface area (Å²) >= 11 is 0. The highest BCUT2D eigenvalue weighted by atomic mass is 32.2. The standard InChI is InChI=1S/C13H17F3N2O2S/c14-13(15,16)11-9-10(3-4-17)1-2-12(11)18-5-7-21(19,20)8-6-18/h1-2,9H,3-8,17H2. The summed E-state index contributed by atoms with van der Waals surface area (Å²) in [6, 6.07) is 4.12. The first kappa shape index (κ1) is 16.1. The molecular weight excluding hydrogens is 305 g/mol. The highest BCUT2D eigenvalue weighted by Gasteiger charge is 2.36. The third-order valence-electron chi connectivity index (χ3n) is 3.48. The van der Waals surface area contributed by atoms with E-state index >= 15 is 0 Å². The zero-order valence-electron chi connectivity index (χ0n) is 11.4. The van der Waals surface area contributed by atoms with Crippen molar-refractivity contribution in [3.63, 3.8) is 0 Å².